The second-order valence-corrected chi connectivity index (χ2v) is 8.40. The predicted molar refractivity (Wildman–Crippen MR) is 97.3 cm³/mol. The fourth-order valence-electron chi connectivity index (χ4n) is 2.46. The fraction of sp³-hybridized carbons (Fsp3) is 0.222. The first-order valence-corrected chi connectivity index (χ1v) is 10.1. The van der Waals surface area contributed by atoms with Crippen molar-refractivity contribution in [3.8, 4) is 5.75 Å². The van der Waals surface area contributed by atoms with E-state index in [1.807, 2.05) is 17.5 Å². The number of ether oxygens (including phenoxy) is 1. The highest BCUT2D eigenvalue weighted by molar-refractivity contribution is 7.89. The van der Waals surface area contributed by atoms with Gasteiger partial charge in [-0.3, -0.25) is 0 Å². The van der Waals surface area contributed by atoms with Crippen molar-refractivity contribution in [1.29, 1.82) is 0 Å². The summed E-state index contributed by atoms with van der Waals surface area (Å²) in [6.07, 6.45) is 2.20. The molecule has 132 valence electrons. The minimum absolute atomic E-state index is 0.192. The molecule has 0 aliphatic carbocycles. The minimum atomic E-state index is -3.67. The Labute approximate surface area is 151 Å². The summed E-state index contributed by atoms with van der Waals surface area (Å²) in [5.74, 6) is 1.12. The van der Waals surface area contributed by atoms with Crippen LogP contribution in [0.25, 0.3) is 0 Å². The van der Waals surface area contributed by atoms with Crippen molar-refractivity contribution in [1.82, 2.24) is 4.31 Å². The Morgan fingerprint density at radius 3 is 2.72 bits per heavy atom. The largest absolute Gasteiger partial charge is 0.497 e. The van der Waals surface area contributed by atoms with Gasteiger partial charge in [0.1, 0.15) is 11.5 Å². The number of hydrogen-bond acceptors (Lipinski definition) is 5. The number of benzene rings is 1. The molecule has 1 aromatic carbocycles. The predicted octanol–water partition coefficient (Wildman–Crippen LogP) is 3.78. The van der Waals surface area contributed by atoms with Crippen molar-refractivity contribution in [2.75, 3.05) is 13.7 Å². The molecule has 5 nitrogen and oxygen atoms in total. The van der Waals surface area contributed by atoms with Crippen LogP contribution in [0.1, 0.15) is 10.6 Å². The Morgan fingerprint density at radius 1 is 1.16 bits per heavy atom. The summed E-state index contributed by atoms with van der Waals surface area (Å²) >= 11 is 1.62. The summed E-state index contributed by atoms with van der Waals surface area (Å²) in [6, 6.07) is 14.0. The van der Waals surface area contributed by atoms with E-state index in [0.29, 0.717) is 24.5 Å². The topological polar surface area (TPSA) is 59.8 Å². The third-order valence-electron chi connectivity index (χ3n) is 3.78. The van der Waals surface area contributed by atoms with Gasteiger partial charge in [0.15, 0.2) is 0 Å². The average molecular weight is 377 g/mol. The first kappa shape index (κ1) is 17.7. The minimum Gasteiger partial charge on any atom is -0.497 e. The number of nitrogens with zero attached hydrogens (tertiary/aromatic N) is 1. The lowest BCUT2D eigenvalue weighted by Crippen LogP contribution is -2.32. The van der Waals surface area contributed by atoms with Crippen LogP contribution in [0.3, 0.4) is 0 Å². The van der Waals surface area contributed by atoms with Gasteiger partial charge in [0.2, 0.25) is 10.0 Å². The lowest BCUT2D eigenvalue weighted by Gasteiger charge is -2.21. The summed E-state index contributed by atoms with van der Waals surface area (Å²) in [5, 5.41) is 1.99. The molecule has 0 unspecified atom stereocenters. The molecule has 0 saturated carbocycles. The van der Waals surface area contributed by atoms with Gasteiger partial charge in [0, 0.05) is 17.5 Å². The highest BCUT2D eigenvalue weighted by Crippen LogP contribution is 2.23. The summed E-state index contributed by atoms with van der Waals surface area (Å²) in [4.78, 5) is 1.36. The molecular formula is C18H19NO4S2. The second-order valence-electron chi connectivity index (χ2n) is 5.43. The fourth-order valence-corrected chi connectivity index (χ4v) is 4.60. The van der Waals surface area contributed by atoms with Gasteiger partial charge in [-0.05, 0) is 42.1 Å². The van der Waals surface area contributed by atoms with E-state index in [9.17, 15) is 8.42 Å². The number of thiophene rings is 1. The molecule has 0 N–H and O–H groups in total. The van der Waals surface area contributed by atoms with E-state index in [2.05, 4.69) is 0 Å². The normalized spacial score (nSPS) is 11.8. The Kier molecular flexibility index (Phi) is 5.57. The summed E-state index contributed by atoms with van der Waals surface area (Å²) in [6.45, 7) is 0.568. The number of rotatable bonds is 8. The average Bonchev–Trinajstić information content (AvgIpc) is 3.32. The first-order valence-electron chi connectivity index (χ1n) is 7.78. The maximum Gasteiger partial charge on any atom is 0.243 e. The van der Waals surface area contributed by atoms with Crippen LogP contribution in [0.15, 0.2) is 69.5 Å². The molecule has 0 radical (unpaired) electrons. The van der Waals surface area contributed by atoms with Gasteiger partial charge in [-0.15, -0.1) is 11.3 Å². The van der Waals surface area contributed by atoms with Crippen LogP contribution in [0, 0.1) is 0 Å². The quantitative estimate of drug-likeness (QED) is 0.599. The van der Waals surface area contributed by atoms with Gasteiger partial charge in [0.25, 0.3) is 0 Å². The number of furan rings is 1. The molecule has 0 bridgehead atoms. The van der Waals surface area contributed by atoms with Crippen LogP contribution in [0.5, 0.6) is 5.75 Å². The molecule has 0 spiro atoms. The summed E-state index contributed by atoms with van der Waals surface area (Å²) in [7, 11) is -2.15. The number of sulfonamides is 1. The molecule has 0 aliphatic rings. The molecule has 25 heavy (non-hydrogen) atoms. The zero-order valence-corrected chi connectivity index (χ0v) is 15.4. The Bertz CT molecular complexity index is 887. The van der Waals surface area contributed by atoms with Crippen LogP contribution in [-0.4, -0.2) is 26.4 Å². The van der Waals surface area contributed by atoms with Crippen molar-refractivity contribution in [2.45, 2.75) is 17.9 Å². The summed E-state index contributed by atoms with van der Waals surface area (Å²) in [5.41, 5.74) is 0. The van der Waals surface area contributed by atoms with Crippen LogP contribution < -0.4 is 4.74 Å². The molecule has 3 rings (SSSR count). The first-order chi connectivity index (χ1) is 12.1. The van der Waals surface area contributed by atoms with Gasteiger partial charge in [0.05, 0.1) is 24.8 Å². The van der Waals surface area contributed by atoms with Crippen molar-refractivity contribution in [3.63, 3.8) is 0 Å². The van der Waals surface area contributed by atoms with Crippen molar-refractivity contribution < 1.29 is 17.6 Å². The van der Waals surface area contributed by atoms with Gasteiger partial charge in [-0.25, -0.2) is 8.42 Å². The maximum absolute atomic E-state index is 13.1. The van der Waals surface area contributed by atoms with Crippen LogP contribution in [0.4, 0.5) is 0 Å². The van der Waals surface area contributed by atoms with Crippen LogP contribution in [0.2, 0.25) is 0 Å². The highest BCUT2D eigenvalue weighted by atomic mass is 32.2. The smallest absolute Gasteiger partial charge is 0.243 e. The lowest BCUT2D eigenvalue weighted by atomic mass is 10.3. The zero-order valence-electron chi connectivity index (χ0n) is 13.8. The summed E-state index contributed by atoms with van der Waals surface area (Å²) < 4.78 is 38.2. The van der Waals surface area contributed by atoms with E-state index in [4.69, 9.17) is 9.15 Å². The molecule has 3 aromatic rings. The van der Waals surface area contributed by atoms with Crippen LogP contribution in [-0.2, 0) is 23.0 Å². The van der Waals surface area contributed by atoms with Gasteiger partial charge >= 0.3 is 0 Å². The van der Waals surface area contributed by atoms with E-state index in [1.165, 1.54) is 17.5 Å². The molecule has 2 heterocycles. The molecule has 7 heteroatoms. The highest BCUT2D eigenvalue weighted by Gasteiger charge is 2.26. The van der Waals surface area contributed by atoms with E-state index in [1.54, 1.807) is 47.9 Å². The molecule has 0 atom stereocenters. The van der Waals surface area contributed by atoms with Gasteiger partial charge in [-0.2, -0.15) is 4.31 Å². The maximum atomic E-state index is 13.1. The SMILES string of the molecule is COc1cccc(S(=O)(=O)N(CCc2cccs2)Cc2ccco2)c1. The zero-order chi connectivity index (χ0) is 17.7. The number of methoxy groups -OCH3 is 1. The van der Waals surface area contributed by atoms with Crippen molar-refractivity contribution in [3.05, 3.63) is 70.8 Å². The molecule has 0 fully saturated rings. The molecule has 0 amide bonds. The molecule has 0 aliphatic heterocycles. The second kappa shape index (κ2) is 7.86. The van der Waals surface area contributed by atoms with E-state index in [0.717, 1.165) is 4.88 Å². The third kappa shape index (κ3) is 4.31. The Morgan fingerprint density at radius 2 is 2.04 bits per heavy atom. The molecule has 2 aromatic heterocycles. The molecule has 0 saturated heterocycles. The van der Waals surface area contributed by atoms with Gasteiger partial charge < -0.3 is 9.15 Å². The van der Waals surface area contributed by atoms with E-state index >= 15 is 0 Å². The Balaban J connectivity index is 1.87. The number of hydrogen-bond donors (Lipinski definition) is 0. The Hall–Kier alpha value is -2.09. The molecular weight excluding hydrogens is 358 g/mol. The van der Waals surface area contributed by atoms with E-state index in [-0.39, 0.29) is 11.4 Å². The van der Waals surface area contributed by atoms with Crippen molar-refractivity contribution in [2.24, 2.45) is 0 Å². The van der Waals surface area contributed by atoms with Crippen molar-refractivity contribution >= 4 is 21.4 Å². The third-order valence-corrected chi connectivity index (χ3v) is 6.56. The standard InChI is InChI=1S/C18H19NO4S2/c1-22-15-5-2-8-18(13-15)25(20,21)19(14-16-6-3-11-23-16)10-9-17-7-4-12-24-17/h2-8,11-13H,9-10,14H2,1H3. The van der Waals surface area contributed by atoms with Gasteiger partial charge in [-0.1, -0.05) is 12.1 Å². The van der Waals surface area contributed by atoms with E-state index < -0.39 is 10.0 Å². The monoisotopic (exact) mass is 377 g/mol. The lowest BCUT2D eigenvalue weighted by molar-refractivity contribution is 0.366. The van der Waals surface area contributed by atoms with Crippen LogP contribution >= 0.6 is 11.3 Å².